The Labute approximate surface area is 102 Å². The number of hydrogen-bond acceptors (Lipinski definition) is 2. The highest BCUT2D eigenvalue weighted by Gasteiger charge is 2.14. The molecule has 1 aromatic carbocycles. The van der Waals surface area contributed by atoms with Gasteiger partial charge in [0.1, 0.15) is 0 Å². The van der Waals surface area contributed by atoms with Gasteiger partial charge in [0.15, 0.2) is 0 Å². The molecule has 0 unspecified atom stereocenters. The molecule has 2 rings (SSSR count). The molecule has 1 heterocycles. The molecular formula is C14H20N2O. The number of aromatic amines is 1. The van der Waals surface area contributed by atoms with Crippen LogP contribution in [0.25, 0.3) is 10.9 Å². The molecule has 2 aromatic rings. The highest BCUT2D eigenvalue weighted by Crippen LogP contribution is 2.14. The van der Waals surface area contributed by atoms with Crippen molar-refractivity contribution < 1.29 is 4.74 Å². The number of H-pyrrole nitrogens is 1. The van der Waals surface area contributed by atoms with Crippen LogP contribution in [0.3, 0.4) is 0 Å². The minimum absolute atomic E-state index is 0.115. The van der Waals surface area contributed by atoms with Gasteiger partial charge in [-0.25, -0.2) is 0 Å². The highest BCUT2D eigenvalue weighted by atomic mass is 16.5. The van der Waals surface area contributed by atoms with Crippen molar-refractivity contribution in [2.24, 2.45) is 0 Å². The SMILES string of the molecule is COC(C)(C)CNCc1ccc2cc[nH]c2c1. The summed E-state index contributed by atoms with van der Waals surface area (Å²) < 4.78 is 5.36. The Morgan fingerprint density at radius 2 is 2.12 bits per heavy atom. The van der Waals surface area contributed by atoms with Crippen LogP contribution < -0.4 is 5.32 Å². The van der Waals surface area contributed by atoms with Crippen LogP contribution >= 0.6 is 0 Å². The molecule has 0 amide bonds. The van der Waals surface area contributed by atoms with Gasteiger partial charge in [-0.3, -0.25) is 0 Å². The lowest BCUT2D eigenvalue weighted by atomic mass is 10.1. The summed E-state index contributed by atoms with van der Waals surface area (Å²) in [6, 6.07) is 8.57. The number of rotatable bonds is 5. The highest BCUT2D eigenvalue weighted by molar-refractivity contribution is 5.79. The smallest absolute Gasteiger partial charge is 0.0746 e. The van der Waals surface area contributed by atoms with Crippen molar-refractivity contribution in [1.29, 1.82) is 0 Å². The van der Waals surface area contributed by atoms with E-state index < -0.39 is 0 Å². The van der Waals surface area contributed by atoms with Gasteiger partial charge < -0.3 is 15.0 Å². The molecule has 0 aliphatic heterocycles. The number of ether oxygens (including phenoxy) is 1. The van der Waals surface area contributed by atoms with Crippen LogP contribution in [0.1, 0.15) is 19.4 Å². The van der Waals surface area contributed by atoms with E-state index in [0.29, 0.717) is 0 Å². The fourth-order valence-electron chi connectivity index (χ4n) is 1.78. The zero-order chi connectivity index (χ0) is 12.3. The number of fused-ring (bicyclic) bond motifs is 1. The van der Waals surface area contributed by atoms with Gasteiger partial charge in [-0.05, 0) is 36.9 Å². The zero-order valence-corrected chi connectivity index (χ0v) is 10.7. The Morgan fingerprint density at radius 1 is 1.29 bits per heavy atom. The Morgan fingerprint density at radius 3 is 2.88 bits per heavy atom. The van der Waals surface area contributed by atoms with Crippen molar-refractivity contribution in [3.8, 4) is 0 Å². The molecule has 0 spiro atoms. The fraction of sp³-hybridized carbons (Fsp3) is 0.429. The Hall–Kier alpha value is -1.32. The second kappa shape index (κ2) is 4.90. The normalized spacial score (nSPS) is 12.2. The maximum absolute atomic E-state index is 5.36. The minimum Gasteiger partial charge on any atom is -0.377 e. The second-order valence-corrected chi connectivity index (χ2v) is 4.97. The van der Waals surface area contributed by atoms with E-state index in [4.69, 9.17) is 4.74 Å². The lowest BCUT2D eigenvalue weighted by molar-refractivity contribution is 0.0231. The third kappa shape index (κ3) is 3.08. The molecule has 0 bridgehead atoms. The van der Waals surface area contributed by atoms with Crippen molar-refractivity contribution in [2.45, 2.75) is 26.0 Å². The van der Waals surface area contributed by atoms with Crippen molar-refractivity contribution in [3.05, 3.63) is 36.0 Å². The molecule has 0 fully saturated rings. The predicted octanol–water partition coefficient (Wildman–Crippen LogP) is 2.68. The fourth-order valence-corrected chi connectivity index (χ4v) is 1.78. The average Bonchev–Trinajstić information content (AvgIpc) is 2.76. The summed E-state index contributed by atoms with van der Waals surface area (Å²) >= 11 is 0. The van der Waals surface area contributed by atoms with E-state index in [9.17, 15) is 0 Å². The second-order valence-electron chi connectivity index (χ2n) is 4.97. The van der Waals surface area contributed by atoms with Gasteiger partial charge in [0.05, 0.1) is 5.60 Å². The van der Waals surface area contributed by atoms with Crippen LogP contribution in [-0.4, -0.2) is 24.2 Å². The van der Waals surface area contributed by atoms with E-state index in [0.717, 1.165) is 13.1 Å². The summed E-state index contributed by atoms with van der Waals surface area (Å²) in [7, 11) is 1.74. The molecule has 92 valence electrons. The number of aromatic nitrogens is 1. The predicted molar refractivity (Wildman–Crippen MR) is 71.1 cm³/mol. The summed E-state index contributed by atoms with van der Waals surface area (Å²) in [5.41, 5.74) is 2.36. The van der Waals surface area contributed by atoms with Crippen LogP contribution in [0.15, 0.2) is 30.5 Å². The standard InChI is InChI=1S/C14H20N2O/c1-14(2,17-3)10-15-9-11-4-5-12-6-7-16-13(12)8-11/h4-8,15-16H,9-10H2,1-3H3. The Bertz CT molecular complexity index is 488. The maximum Gasteiger partial charge on any atom is 0.0746 e. The van der Waals surface area contributed by atoms with E-state index in [1.165, 1.54) is 16.5 Å². The molecular weight excluding hydrogens is 212 g/mol. The maximum atomic E-state index is 5.36. The third-order valence-electron chi connectivity index (χ3n) is 3.05. The first-order valence-electron chi connectivity index (χ1n) is 5.93. The molecule has 0 saturated heterocycles. The Kier molecular flexibility index (Phi) is 3.50. The molecule has 1 aromatic heterocycles. The molecule has 3 nitrogen and oxygen atoms in total. The Balaban J connectivity index is 1.95. The zero-order valence-electron chi connectivity index (χ0n) is 10.7. The molecule has 3 heteroatoms. The monoisotopic (exact) mass is 232 g/mol. The van der Waals surface area contributed by atoms with Crippen LogP contribution in [0.2, 0.25) is 0 Å². The van der Waals surface area contributed by atoms with E-state index in [2.05, 4.69) is 48.4 Å². The van der Waals surface area contributed by atoms with E-state index in [1.807, 2.05) is 6.20 Å². The summed E-state index contributed by atoms with van der Waals surface area (Å²) in [5, 5.41) is 4.67. The summed E-state index contributed by atoms with van der Waals surface area (Å²) in [6.07, 6.45) is 1.97. The number of benzene rings is 1. The van der Waals surface area contributed by atoms with E-state index >= 15 is 0 Å². The average molecular weight is 232 g/mol. The lowest BCUT2D eigenvalue weighted by Crippen LogP contribution is -2.36. The van der Waals surface area contributed by atoms with Gasteiger partial charge in [0.25, 0.3) is 0 Å². The topological polar surface area (TPSA) is 37.0 Å². The first-order valence-corrected chi connectivity index (χ1v) is 5.93. The molecule has 17 heavy (non-hydrogen) atoms. The lowest BCUT2D eigenvalue weighted by Gasteiger charge is -2.23. The molecule has 0 atom stereocenters. The van der Waals surface area contributed by atoms with Crippen LogP contribution in [0.4, 0.5) is 0 Å². The van der Waals surface area contributed by atoms with Gasteiger partial charge in [0.2, 0.25) is 0 Å². The molecule has 0 aliphatic carbocycles. The minimum atomic E-state index is -0.115. The first-order chi connectivity index (χ1) is 8.11. The van der Waals surface area contributed by atoms with Crippen LogP contribution in [0.5, 0.6) is 0 Å². The number of hydrogen-bond donors (Lipinski definition) is 2. The van der Waals surface area contributed by atoms with Crippen LogP contribution in [-0.2, 0) is 11.3 Å². The van der Waals surface area contributed by atoms with Gasteiger partial charge in [-0.1, -0.05) is 12.1 Å². The van der Waals surface area contributed by atoms with Crippen LogP contribution in [0, 0.1) is 0 Å². The van der Waals surface area contributed by atoms with Gasteiger partial charge in [-0.15, -0.1) is 0 Å². The number of nitrogens with one attached hydrogen (secondary N) is 2. The molecule has 0 saturated carbocycles. The van der Waals surface area contributed by atoms with Gasteiger partial charge in [-0.2, -0.15) is 0 Å². The van der Waals surface area contributed by atoms with Crippen molar-refractivity contribution >= 4 is 10.9 Å². The van der Waals surface area contributed by atoms with E-state index in [-0.39, 0.29) is 5.60 Å². The molecule has 0 aliphatic rings. The number of methoxy groups -OCH3 is 1. The van der Waals surface area contributed by atoms with E-state index in [1.54, 1.807) is 7.11 Å². The third-order valence-corrected chi connectivity index (χ3v) is 3.05. The summed E-state index contributed by atoms with van der Waals surface area (Å²) in [6.45, 7) is 5.86. The van der Waals surface area contributed by atoms with Gasteiger partial charge >= 0.3 is 0 Å². The molecule has 0 radical (unpaired) electrons. The molecule has 2 N–H and O–H groups in total. The van der Waals surface area contributed by atoms with Crippen molar-refractivity contribution in [3.63, 3.8) is 0 Å². The van der Waals surface area contributed by atoms with Gasteiger partial charge in [0, 0.05) is 31.9 Å². The first kappa shape index (κ1) is 12.1. The summed E-state index contributed by atoms with van der Waals surface area (Å²) in [4.78, 5) is 3.23. The quantitative estimate of drug-likeness (QED) is 0.831. The summed E-state index contributed by atoms with van der Waals surface area (Å²) in [5.74, 6) is 0. The van der Waals surface area contributed by atoms with Crippen molar-refractivity contribution in [1.82, 2.24) is 10.3 Å². The largest absolute Gasteiger partial charge is 0.377 e. The van der Waals surface area contributed by atoms with Crippen molar-refractivity contribution in [2.75, 3.05) is 13.7 Å².